The summed E-state index contributed by atoms with van der Waals surface area (Å²) < 4.78 is 5.35. The molecular formula is C25H35ClN4O2. The quantitative estimate of drug-likeness (QED) is 0.588. The van der Waals surface area contributed by atoms with Crippen molar-refractivity contribution in [1.29, 1.82) is 5.26 Å². The number of pyridine rings is 1. The molecule has 32 heavy (non-hydrogen) atoms. The van der Waals surface area contributed by atoms with Gasteiger partial charge in [-0.2, -0.15) is 5.26 Å². The van der Waals surface area contributed by atoms with Gasteiger partial charge in [-0.3, -0.25) is 4.79 Å². The summed E-state index contributed by atoms with van der Waals surface area (Å²) in [6.45, 7) is 12.4. The molecule has 1 fully saturated rings. The number of halogens is 1. The Labute approximate surface area is 196 Å². The normalized spacial score (nSPS) is 22.1. The van der Waals surface area contributed by atoms with E-state index in [2.05, 4.69) is 48.6 Å². The van der Waals surface area contributed by atoms with Crippen molar-refractivity contribution in [1.82, 2.24) is 14.9 Å². The second-order valence-electron chi connectivity index (χ2n) is 10.7. The van der Waals surface area contributed by atoms with Crippen LogP contribution in [-0.2, 0) is 10.2 Å². The molecule has 0 spiro atoms. The molecule has 0 aromatic carbocycles. The number of H-pyrrole nitrogens is 1. The molecule has 3 rings (SSSR count). The first-order chi connectivity index (χ1) is 14.9. The SMILES string of the molecule is COc1cnc2[nH]cc(C(C)(C)CC(=O)N3C(C)CC(C)CC3CC(C)(C)C#N)c2c1Cl. The molecule has 1 aliphatic heterocycles. The van der Waals surface area contributed by atoms with Crippen LogP contribution in [0.1, 0.15) is 72.8 Å². The number of likely N-dealkylation sites (tertiary alicyclic amines) is 1. The fraction of sp³-hybridized carbons (Fsp3) is 0.640. The molecule has 1 N–H and O–H groups in total. The number of nitrogens with one attached hydrogen (secondary N) is 1. The van der Waals surface area contributed by atoms with Crippen molar-refractivity contribution in [3.63, 3.8) is 0 Å². The highest BCUT2D eigenvalue weighted by atomic mass is 35.5. The summed E-state index contributed by atoms with van der Waals surface area (Å²) in [5.74, 6) is 1.17. The van der Waals surface area contributed by atoms with Crippen molar-refractivity contribution < 1.29 is 9.53 Å². The van der Waals surface area contributed by atoms with Gasteiger partial charge in [0, 0.05) is 35.5 Å². The third kappa shape index (κ3) is 4.73. The van der Waals surface area contributed by atoms with Gasteiger partial charge in [0.25, 0.3) is 0 Å². The fourth-order valence-electron chi connectivity index (χ4n) is 5.28. The summed E-state index contributed by atoms with van der Waals surface area (Å²) in [6.07, 6.45) is 6.44. The van der Waals surface area contributed by atoms with E-state index in [-0.39, 0.29) is 18.0 Å². The number of amides is 1. The average Bonchev–Trinajstić information content (AvgIpc) is 3.13. The third-order valence-electron chi connectivity index (χ3n) is 6.77. The Balaban J connectivity index is 1.92. The number of rotatable bonds is 6. The van der Waals surface area contributed by atoms with Gasteiger partial charge in [-0.1, -0.05) is 32.4 Å². The van der Waals surface area contributed by atoms with Crippen LogP contribution in [0.4, 0.5) is 0 Å². The van der Waals surface area contributed by atoms with Gasteiger partial charge in [0.1, 0.15) is 5.65 Å². The Hall–Kier alpha value is -2.26. The molecule has 3 atom stereocenters. The van der Waals surface area contributed by atoms with E-state index >= 15 is 0 Å². The molecule has 7 heteroatoms. The Bertz CT molecular complexity index is 1040. The van der Waals surface area contributed by atoms with E-state index in [0.29, 0.717) is 35.2 Å². The minimum Gasteiger partial charge on any atom is -0.494 e. The van der Waals surface area contributed by atoms with Crippen LogP contribution < -0.4 is 4.74 Å². The minimum absolute atomic E-state index is 0.0695. The molecule has 2 aromatic heterocycles. The Morgan fingerprint density at radius 1 is 1.34 bits per heavy atom. The van der Waals surface area contributed by atoms with Gasteiger partial charge in [0.15, 0.2) is 5.75 Å². The molecule has 174 valence electrons. The Kier molecular flexibility index (Phi) is 6.81. The van der Waals surface area contributed by atoms with E-state index < -0.39 is 10.8 Å². The van der Waals surface area contributed by atoms with Crippen LogP contribution in [0.25, 0.3) is 11.0 Å². The van der Waals surface area contributed by atoms with Crippen molar-refractivity contribution in [3.8, 4) is 11.8 Å². The highest BCUT2D eigenvalue weighted by Gasteiger charge is 2.40. The number of piperidine rings is 1. The molecule has 0 aliphatic carbocycles. The number of hydrogen-bond donors (Lipinski definition) is 1. The maximum atomic E-state index is 13.7. The Morgan fingerprint density at radius 2 is 2.03 bits per heavy atom. The Morgan fingerprint density at radius 3 is 2.66 bits per heavy atom. The van der Waals surface area contributed by atoms with Gasteiger partial charge in [0.2, 0.25) is 5.91 Å². The van der Waals surface area contributed by atoms with Crippen LogP contribution in [0.2, 0.25) is 5.02 Å². The van der Waals surface area contributed by atoms with Gasteiger partial charge >= 0.3 is 0 Å². The van der Waals surface area contributed by atoms with E-state index in [1.54, 1.807) is 13.3 Å². The first-order valence-electron chi connectivity index (χ1n) is 11.3. The summed E-state index contributed by atoms with van der Waals surface area (Å²) in [6, 6.07) is 2.63. The molecule has 1 amide bonds. The summed E-state index contributed by atoms with van der Waals surface area (Å²) >= 11 is 6.62. The summed E-state index contributed by atoms with van der Waals surface area (Å²) in [5, 5.41) is 10.9. The van der Waals surface area contributed by atoms with E-state index in [9.17, 15) is 10.1 Å². The molecule has 6 nitrogen and oxygen atoms in total. The number of nitrogens with zero attached hydrogens (tertiary/aromatic N) is 3. The van der Waals surface area contributed by atoms with Crippen molar-refractivity contribution >= 4 is 28.5 Å². The lowest BCUT2D eigenvalue weighted by Gasteiger charge is -2.46. The van der Waals surface area contributed by atoms with Crippen molar-refractivity contribution in [2.24, 2.45) is 11.3 Å². The van der Waals surface area contributed by atoms with Gasteiger partial charge in [0.05, 0.1) is 29.8 Å². The van der Waals surface area contributed by atoms with Gasteiger partial charge < -0.3 is 14.6 Å². The van der Waals surface area contributed by atoms with Crippen molar-refractivity contribution in [3.05, 3.63) is 23.0 Å². The molecular weight excluding hydrogens is 424 g/mol. The number of carbonyl (C=O) groups is 1. The first kappa shape index (κ1) is 24.4. The summed E-state index contributed by atoms with van der Waals surface area (Å²) in [7, 11) is 1.57. The topological polar surface area (TPSA) is 82.0 Å². The maximum absolute atomic E-state index is 13.7. The molecule has 1 aliphatic rings. The minimum atomic E-state index is -0.470. The lowest BCUT2D eigenvalue weighted by molar-refractivity contribution is -0.140. The highest BCUT2D eigenvalue weighted by molar-refractivity contribution is 6.37. The smallest absolute Gasteiger partial charge is 0.223 e. The van der Waals surface area contributed by atoms with Crippen LogP contribution in [0.5, 0.6) is 5.75 Å². The standard InChI is InChI=1S/C25H35ClN4O2/c1-15-8-16(2)30(17(9-15)10-24(3,4)14-27)20(31)11-25(5,6)18-12-28-23-21(18)22(26)19(32-7)13-29-23/h12-13,15-17H,8-11H2,1-7H3,(H,28,29). The molecule has 2 aromatic rings. The second-order valence-corrected chi connectivity index (χ2v) is 11.1. The summed E-state index contributed by atoms with van der Waals surface area (Å²) in [4.78, 5) is 23.4. The van der Waals surface area contributed by atoms with E-state index in [4.69, 9.17) is 16.3 Å². The number of methoxy groups -OCH3 is 1. The van der Waals surface area contributed by atoms with E-state index in [1.807, 2.05) is 20.0 Å². The van der Waals surface area contributed by atoms with Crippen LogP contribution in [0.15, 0.2) is 12.4 Å². The van der Waals surface area contributed by atoms with E-state index in [0.717, 1.165) is 23.8 Å². The van der Waals surface area contributed by atoms with Crippen molar-refractivity contribution in [2.45, 2.75) is 84.7 Å². The van der Waals surface area contributed by atoms with Crippen LogP contribution in [0, 0.1) is 22.7 Å². The maximum Gasteiger partial charge on any atom is 0.223 e. The third-order valence-corrected chi connectivity index (χ3v) is 7.15. The number of fused-ring (bicyclic) bond motifs is 1. The highest BCUT2D eigenvalue weighted by Crippen LogP contribution is 2.41. The van der Waals surface area contributed by atoms with Crippen molar-refractivity contribution in [2.75, 3.05) is 7.11 Å². The average molecular weight is 459 g/mol. The van der Waals surface area contributed by atoms with E-state index in [1.165, 1.54) is 0 Å². The molecule has 1 saturated heterocycles. The largest absolute Gasteiger partial charge is 0.494 e. The fourth-order valence-corrected chi connectivity index (χ4v) is 5.59. The van der Waals surface area contributed by atoms with Gasteiger partial charge in [-0.25, -0.2) is 4.98 Å². The first-order valence-corrected chi connectivity index (χ1v) is 11.7. The number of aromatic amines is 1. The van der Waals surface area contributed by atoms with Crippen LogP contribution >= 0.6 is 11.6 Å². The number of nitriles is 1. The van der Waals surface area contributed by atoms with Crippen LogP contribution in [0.3, 0.4) is 0 Å². The number of carbonyl (C=O) groups excluding carboxylic acids is 1. The second kappa shape index (κ2) is 8.94. The number of aromatic nitrogens is 2. The van der Waals surface area contributed by atoms with Gasteiger partial charge in [-0.05, 0) is 51.5 Å². The zero-order valence-corrected chi connectivity index (χ0v) is 21.0. The number of ether oxygens (including phenoxy) is 1. The lowest BCUT2D eigenvalue weighted by Crippen LogP contribution is -2.53. The number of hydrogen-bond acceptors (Lipinski definition) is 4. The predicted octanol–water partition coefficient (Wildman–Crippen LogP) is 5.85. The summed E-state index contributed by atoms with van der Waals surface area (Å²) in [5.41, 5.74) is 0.692. The zero-order chi connectivity index (χ0) is 23.8. The van der Waals surface area contributed by atoms with Crippen LogP contribution in [-0.4, -0.2) is 40.0 Å². The zero-order valence-electron chi connectivity index (χ0n) is 20.3. The van der Waals surface area contributed by atoms with Gasteiger partial charge in [-0.15, -0.1) is 0 Å². The molecule has 3 unspecified atom stereocenters. The molecule has 0 bridgehead atoms. The molecule has 0 saturated carbocycles. The monoisotopic (exact) mass is 458 g/mol. The molecule has 3 heterocycles. The predicted molar refractivity (Wildman–Crippen MR) is 128 cm³/mol. The molecule has 0 radical (unpaired) electrons. The lowest BCUT2D eigenvalue weighted by atomic mass is 9.77.